The van der Waals surface area contributed by atoms with E-state index in [0.29, 0.717) is 24.7 Å². The molecule has 5 heterocycles. The van der Waals surface area contributed by atoms with Crippen LogP contribution in [-0.4, -0.2) is 80.2 Å². The molecule has 3 aromatic heterocycles. The van der Waals surface area contributed by atoms with Crippen molar-refractivity contribution in [1.82, 2.24) is 35.3 Å². The molecule has 2 aliphatic heterocycles. The maximum absolute atomic E-state index is 14.2. The zero-order valence-corrected chi connectivity index (χ0v) is 25.1. The summed E-state index contributed by atoms with van der Waals surface area (Å²) < 4.78 is 11.4. The van der Waals surface area contributed by atoms with Crippen LogP contribution in [0.25, 0.3) is 11.6 Å². The Bertz CT molecular complexity index is 1470. The summed E-state index contributed by atoms with van der Waals surface area (Å²) in [4.78, 5) is 34.4. The van der Waals surface area contributed by atoms with Gasteiger partial charge in [0.15, 0.2) is 5.76 Å². The number of aryl methyl sites for hydroxylation is 1. The van der Waals surface area contributed by atoms with Gasteiger partial charge in [0, 0.05) is 43.7 Å². The number of tetrazole rings is 1. The number of hydrogen-bond donors (Lipinski definition) is 1. The largest absolute Gasteiger partial charge is 0.458 e. The number of likely N-dealkylation sites (tertiary alicyclic amines) is 1. The second-order valence-corrected chi connectivity index (χ2v) is 12.1. The van der Waals surface area contributed by atoms with Crippen LogP contribution in [0, 0.1) is 6.92 Å². The number of amides is 2. The first-order valence-corrected chi connectivity index (χ1v) is 15.8. The Morgan fingerprint density at radius 3 is 2.63 bits per heavy atom. The van der Waals surface area contributed by atoms with Crippen molar-refractivity contribution in [3.63, 3.8) is 0 Å². The molecular weight excluding hydrogens is 566 g/mol. The Kier molecular flexibility index (Phi) is 9.25. The molecule has 0 radical (unpaired) electrons. The number of ether oxygens (including phenoxy) is 1. The van der Waals surface area contributed by atoms with Gasteiger partial charge in [0.2, 0.25) is 17.6 Å². The van der Waals surface area contributed by atoms with Gasteiger partial charge in [-0.25, -0.2) is 0 Å². The predicted molar refractivity (Wildman–Crippen MR) is 161 cm³/mol. The molecular formula is C31H37N7O4S. The fourth-order valence-electron chi connectivity index (χ4n) is 5.88. The Morgan fingerprint density at radius 1 is 1.09 bits per heavy atom. The van der Waals surface area contributed by atoms with E-state index in [1.165, 1.54) is 21.7 Å². The minimum Gasteiger partial charge on any atom is -0.458 e. The summed E-state index contributed by atoms with van der Waals surface area (Å²) >= 11 is 1.48. The molecule has 2 saturated heterocycles. The number of aromatic nitrogens is 4. The van der Waals surface area contributed by atoms with Gasteiger partial charge in [-0.1, -0.05) is 36.4 Å². The average molecular weight is 604 g/mol. The molecule has 226 valence electrons. The fourth-order valence-corrected chi connectivity index (χ4v) is 6.70. The van der Waals surface area contributed by atoms with Crippen molar-refractivity contribution in [2.24, 2.45) is 0 Å². The number of piperidine rings is 1. The molecule has 6 rings (SSSR count). The van der Waals surface area contributed by atoms with Gasteiger partial charge in [-0.2, -0.15) is 4.80 Å². The molecule has 1 N–H and O–H groups in total. The SMILES string of the molecule is Cc1ccc(-c2nnn(CC(=O)N(C3CCN(Cc4ccccc4)CC3)[C@@H](C(=O)NC[C@@H]3CCCO3)c3cccs3)n2)o1. The molecule has 12 heteroatoms. The molecule has 2 fully saturated rings. The van der Waals surface area contributed by atoms with Crippen LogP contribution in [-0.2, 0) is 27.4 Å². The van der Waals surface area contributed by atoms with Gasteiger partial charge in [0.05, 0.1) is 6.10 Å². The highest BCUT2D eigenvalue weighted by atomic mass is 32.1. The van der Waals surface area contributed by atoms with Crippen molar-refractivity contribution < 1.29 is 18.7 Å². The summed E-state index contributed by atoms with van der Waals surface area (Å²) in [7, 11) is 0. The molecule has 0 saturated carbocycles. The van der Waals surface area contributed by atoms with Crippen LogP contribution in [0.3, 0.4) is 0 Å². The maximum atomic E-state index is 14.2. The van der Waals surface area contributed by atoms with E-state index in [1.54, 1.807) is 11.0 Å². The number of rotatable bonds is 11. The lowest BCUT2D eigenvalue weighted by Gasteiger charge is -2.41. The molecule has 11 nitrogen and oxygen atoms in total. The second kappa shape index (κ2) is 13.6. The van der Waals surface area contributed by atoms with E-state index in [-0.39, 0.29) is 30.5 Å². The summed E-state index contributed by atoms with van der Waals surface area (Å²) in [5.74, 6) is 1.11. The van der Waals surface area contributed by atoms with Gasteiger partial charge >= 0.3 is 0 Å². The Labute approximate surface area is 254 Å². The fraction of sp³-hybridized carbons (Fsp3) is 0.452. The van der Waals surface area contributed by atoms with Crippen molar-refractivity contribution in [1.29, 1.82) is 0 Å². The maximum Gasteiger partial charge on any atom is 0.248 e. The summed E-state index contributed by atoms with van der Waals surface area (Å²) in [5.41, 5.74) is 1.26. The molecule has 2 atom stereocenters. The van der Waals surface area contributed by atoms with E-state index in [2.05, 4.69) is 49.9 Å². The summed E-state index contributed by atoms with van der Waals surface area (Å²) in [6.07, 6.45) is 3.41. The topological polar surface area (TPSA) is 119 Å². The minimum atomic E-state index is -0.768. The van der Waals surface area contributed by atoms with Gasteiger partial charge in [-0.3, -0.25) is 14.5 Å². The first-order valence-electron chi connectivity index (χ1n) is 14.9. The van der Waals surface area contributed by atoms with Crippen molar-refractivity contribution in [2.75, 3.05) is 26.2 Å². The van der Waals surface area contributed by atoms with Crippen LogP contribution >= 0.6 is 11.3 Å². The van der Waals surface area contributed by atoms with Crippen LogP contribution in [0.5, 0.6) is 0 Å². The zero-order chi connectivity index (χ0) is 29.6. The van der Waals surface area contributed by atoms with Crippen LogP contribution in [0.1, 0.15) is 47.9 Å². The number of nitrogens with zero attached hydrogens (tertiary/aromatic N) is 6. The third-order valence-corrected chi connectivity index (χ3v) is 8.97. The van der Waals surface area contributed by atoms with E-state index in [9.17, 15) is 9.59 Å². The summed E-state index contributed by atoms with van der Waals surface area (Å²) in [6.45, 7) is 5.34. The highest BCUT2D eigenvalue weighted by Crippen LogP contribution is 2.32. The average Bonchev–Trinajstić information content (AvgIpc) is 3.84. The van der Waals surface area contributed by atoms with E-state index in [4.69, 9.17) is 9.15 Å². The van der Waals surface area contributed by atoms with Gasteiger partial charge in [-0.15, -0.1) is 21.5 Å². The molecule has 0 unspecified atom stereocenters. The highest BCUT2D eigenvalue weighted by Gasteiger charge is 2.39. The van der Waals surface area contributed by atoms with Gasteiger partial charge in [0.1, 0.15) is 18.3 Å². The molecule has 1 aromatic carbocycles. The monoisotopic (exact) mass is 603 g/mol. The Balaban J connectivity index is 1.23. The standard InChI is InChI=1S/C31H37N7O4S/c1-22-11-12-26(42-22)30-33-35-37(34-30)21-28(39)38(24-13-15-36(16-14-24)20-23-7-3-2-4-8-23)29(27-10-6-18-43-27)31(40)32-19-25-9-5-17-41-25/h2-4,6-8,10-12,18,24-25,29H,5,9,13-17,19-21H2,1H3,(H,32,40)/t25-,29+/m0/s1. The number of benzene rings is 1. The van der Waals surface area contributed by atoms with Crippen LogP contribution < -0.4 is 5.32 Å². The number of nitrogens with one attached hydrogen (secondary N) is 1. The van der Waals surface area contributed by atoms with Crippen molar-refractivity contribution >= 4 is 23.2 Å². The lowest BCUT2D eigenvalue weighted by molar-refractivity contribution is -0.145. The van der Waals surface area contributed by atoms with Crippen LogP contribution in [0.2, 0.25) is 0 Å². The minimum absolute atomic E-state index is 0.00122. The molecule has 2 amide bonds. The smallest absolute Gasteiger partial charge is 0.248 e. The number of carbonyl (C=O) groups is 2. The molecule has 4 aromatic rings. The van der Waals surface area contributed by atoms with Crippen molar-refractivity contribution in [3.05, 3.63) is 76.2 Å². The first kappa shape index (κ1) is 29.2. The lowest BCUT2D eigenvalue weighted by Crippen LogP contribution is -2.53. The number of carbonyl (C=O) groups excluding carboxylic acids is 2. The third-order valence-electron chi connectivity index (χ3n) is 8.04. The first-order chi connectivity index (χ1) is 21.0. The third kappa shape index (κ3) is 7.20. The molecule has 0 spiro atoms. The van der Waals surface area contributed by atoms with Crippen molar-refractivity contribution in [2.45, 2.75) is 63.9 Å². The van der Waals surface area contributed by atoms with Crippen molar-refractivity contribution in [3.8, 4) is 11.6 Å². The predicted octanol–water partition coefficient (Wildman–Crippen LogP) is 3.83. The molecule has 0 bridgehead atoms. The van der Waals surface area contributed by atoms with Gasteiger partial charge in [-0.05, 0) is 67.0 Å². The summed E-state index contributed by atoms with van der Waals surface area (Å²) in [5, 5.41) is 17.7. The van der Waals surface area contributed by atoms with Gasteiger partial charge in [0.25, 0.3) is 0 Å². The highest BCUT2D eigenvalue weighted by molar-refractivity contribution is 7.10. The number of hydrogen-bond acceptors (Lipinski definition) is 9. The van der Waals surface area contributed by atoms with Crippen LogP contribution in [0.4, 0.5) is 0 Å². The Morgan fingerprint density at radius 2 is 1.93 bits per heavy atom. The molecule has 0 aliphatic carbocycles. The molecule has 2 aliphatic rings. The van der Waals surface area contributed by atoms with E-state index < -0.39 is 6.04 Å². The van der Waals surface area contributed by atoms with Crippen LogP contribution in [0.15, 0.2) is 64.4 Å². The quantitative estimate of drug-likeness (QED) is 0.275. The second-order valence-electron chi connectivity index (χ2n) is 11.1. The lowest BCUT2D eigenvalue weighted by atomic mass is 9.99. The number of furan rings is 1. The van der Waals surface area contributed by atoms with E-state index >= 15 is 0 Å². The van der Waals surface area contributed by atoms with Gasteiger partial charge < -0.3 is 19.4 Å². The molecule has 43 heavy (non-hydrogen) atoms. The normalized spacial score (nSPS) is 18.5. The van der Waals surface area contributed by atoms with E-state index in [0.717, 1.165) is 56.0 Å². The number of thiophene rings is 1. The Hall–Kier alpha value is -3.87. The zero-order valence-electron chi connectivity index (χ0n) is 24.3. The van der Waals surface area contributed by atoms with E-state index in [1.807, 2.05) is 36.6 Å². The summed E-state index contributed by atoms with van der Waals surface area (Å²) in [6, 6.07) is 17.0.